The molecule has 1 aliphatic heterocycles. The fourth-order valence-electron chi connectivity index (χ4n) is 1.39. The Hall–Kier alpha value is 0.480. The maximum absolute atomic E-state index is 11.7. The Morgan fingerprint density at radius 2 is 2.45 bits per heavy atom. The zero-order valence-corrected chi connectivity index (χ0v) is 8.40. The molecule has 0 saturated carbocycles. The van der Waals surface area contributed by atoms with Crippen LogP contribution < -0.4 is 0 Å². The molecule has 0 spiro atoms. The highest BCUT2D eigenvalue weighted by Gasteiger charge is 2.32. The Bertz CT molecular complexity index is 172. The fourth-order valence-corrected chi connectivity index (χ4v) is 4.38. The standard InChI is InChI=1S/C7H14ClO2P/c1-7-2-5-11(9,6-7)10-4-3-8/h7H,2-6H2,1H3. The van der Waals surface area contributed by atoms with Crippen LogP contribution in [-0.4, -0.2) is 24.8 Å². The van der Waals surface area contributed by atoms with E-state index >= 15 is 0 Å². The summed E-state index contributed by atoms with van der Waals surface area (Å²) in [6.07, 6.45) is 2.55. The lowest BCUT2D eigenvalue weighted by atomic mass is 10.2. The number of rotatable bonds is 3. The monoisotopic (exact) mass is 196 g/mol. The van der Waals surface area contributed by atoms with E-state index < -0.39 is 7.37 Å². The van der Waals surface area contributed by atoms with Crippen LogP contribution in [0.2, 0.25) is 0 Å². The minimum Gasteiger partial charge on any atom is -0.327 e. The first-order valence-corrected chi connectivity index (χ1v) is 6.48. The Labute approximate surface area is 72.7 Å². The van der Waals surface area contributed by atoms with Crippen molar-refractivity contribution in [1.82, 2.24) is 0 Å². The summed E-state index contributed by atoms with van der Waals surface area (Å²) in [5.74, 6) is 1.01. The van der Waals surface area contributed by atoms with Crippen molar-refractivity contribution in [3.8, 4) is 0 Å². The van der Waals surface area contributed by atoms with Gasteiger partial charge in [0, 0.05) is 18.2 Å². The Morgan fingerprint density at radius 1 is 1.73 bits per heavy atom. The first-order chi connectivity index (χ1) is 5.16. The lowest BCUT2D eigenvalue weighted by Crippen LogP contribution is -1.96. The van der Waals surface area contributed by atoms with Crippen LogP contribution in [0.5, 0.6) is 0 Å². The molecule has 0 aromatic carbocycles. The number of halogens is 1. The quantitative estimate of drug-likeness (QED) is 0.512. The van der Waals surface area contributed by atoms with Gasteiger partial charge in [0.1, 0.15) is 0 Å². The van der Waals surface area contributed by atoms with Gasteiger partial charge in [0.15, 0.2) is 0 Å². The molecule has 1 aliphatic rings. The summed E-state index contributed by atoms with van der Waals surface area (Å²) in [7, 11) is -2.23. The summed E-state index contributed by atoms with van der Waals surface area (Å²) in [4.78, 5) is 0. The van der Waals surface area contributed by atoms with Crippen LogP contribution >= 0.6 is 19.0 Å². The summed E-state index contributed by atoms with van der Waals surface area (Å²) in [6, 6.07) is 0. The third-order valence-corrected chi connectivity index (χ3v) is 4.88. The first kappa shape index (κ1) is 9.57. The molecule has 4 heteroatoms. The van der Waals surface area contributed by atoms with Crippen molar-refractivity contribution in [3.05, 3.63) is 0 Å². The highest BCUT2D eigenvalue weighted by molar-refractivity contribution is 7.59. The maximum Gasteiger partial charge on any atom is 0.203 e. The summed E-state index contributed by atoms with van der Waals surface area (Å²) in [6.45, 7) is 2.55. The van der Waals surface area contributed by atoms with Gasteiger partial charge in [-0.1, -0.05) is 6.92 Å². The molecule has 0 bridgehead atoms. The van der Waals surface area contributed by atoms with Gasteiger partial charge in [0.25, 0.3) is 0 Å². The van der Waals surface area contributed by atoms with Crippen LogP contribution in [-0.2, 0) is 9.09 Å². The highest BCUT2D eigenvalue weighted by Crippen LogP contribution is 2.54. The van der Waals surface area contributed by atoms with Gasteiger partial charge in [-0.3, -0.25) is 4.57 Å². The van der Waals surface area contributed by atoms with Gasteiger partial charge < -0.3 is 4.52 Å². The van der Waals surface area contributed by atoms with Crippen molar-refractivity contribution in [2.45, 2.75) is 13.3 Å². The summed E-state index contributed by atoms with van der Waals surface area (Å²) in [5, 5.41) is 0. The third-order valence-electron chi connectivity index (χ3n) is 1.96. The van der Waals surface area contributed by atoms with Crippen molar-refractivity contribution in [3.63, 3.8) is 0 Å². The first-order valence-electron chi connectivity index (χ1n) is 3.95. The van der Waals surface area contributed by atoms with Crippen LogP contribution in [0.3, 0.4) is 0 Å². The van der Waals surface area contributed by atoms with E-state index in [1.165, 1.54) is 0 Å². The van der Waals surface area contributed by atoms with Crippen LogP contribution in [0.1, 0.15) is 13.3 Å². The van der Waals surface area contributed by atoms with Gasteiger partial charge in [0.2, 0.25) is 7.37 Å². The highest BCUT2D eigenvalue weighted by atomic mass is 35.5. The zero-order valence-electron chi connectivity index (χ0n) is 6.75. The van der Waals surface area contributed by atoms with Crippen LogP contribution in [0.25, 0.3) is 0 Å². The lowest BCUT2D eigenvalue weighted by molar-refractivity contribution is 0.338. The Kier molecular flexibility index (Phi) is 3.42. The van der Waals surface area contributed by atoms with E-state index in [4.69, 9.17) is 16.1 Å². The van der Waals surface area contributed by atoms with Gasteiger partial charge >= 0.3 is 0 Å². The van der Waals surface area contributed by atoms with Crippen LogP contribution in [0.4, 0.5) is 0 Å². The predicted molar refractivity (Wildman–Crippen MR) is 47.8 cm³/mol. The average molecular weight is 197 g/mol. The van der Waals surface area contributed by atoms with Crippen LogP contribution in [0.15, 0.2) is 0 Å². The molecule has 1 fully saturated rings. The van der Waals surface area contributed by atoms with E-state index in [0.717, 1.165) is 18.7 Å². The van der Waals surface area contributed by atoms with Crippen molar-refractivity contribution < 1.29 is 9.09 Å². The second-order valence-corrected chi connectivity index (χ2v) is 6.21. The molecular weight excluding hydrogens is 183 g/mol. The van der Waals surface area contributed by atoms with Gasteiger partial charge in [-0.2, -0.15) is 0 Å². The smallest absolute Gasteiger partial charge is 0.203 e. The number of hydrogen-bond donors (Lipinski definition) is 0. The van der Waals surface area contributed by atoms with Crippen molar-refractivity contribution in [2.24, 2.45) is 5.92 Å². The molecule has 11 heavy (non-hydrogen) atoms. The Balaban J connectivity index is 2.36. The topological polar surface area (TPSA) is 26.3 Å². The minimum absolute atomic E-state index is 0.436. The molecule has 0 amide bonds. The lowest BCUT2D eigenvalue weighted by Gasteiger charge is -2.10. The summed E-state index contributed by atoms with van der Waals surface area (Å²) < 4.78 is 16.9. The molecular formula is C7H14ClO2P. The molecule has 1 heterocycles. The predicted octanol–water partition coefficient (Wildman–Crippen LogP) is 2.56. The van der Waals surface area contributed by atoms with E-state index in [1.807, 2.05) is 0 Å². The molecule has 0 radical (unpaired) electrons. The normalized spacial score (nSPS) is 37.8. The minimum atomic E-state index is -2.23. The molecule has 0 N–H and O–H groups in total. The number of alkyl halides is 1. The van der Waals surface area contributed by atoms with E-state index in [9.17, 15) is 4.57 Å². The van der Waals surface area contributed by atoms with E-state index in [2.05, 4.69) is 6.92 Å². The molecule has 0 aromatic rings. The van der Waals surface area contributed by atoms with E-state index in [-0.39, 0.29) is 0 Å². The van der Waals surface area contributed by atoms with Crippen molar-refractivity contribution in [1.29, 1.82) is 0 Å². The second-order valence-electron chi connectivity index (χ2n) is 3.14. The summed E-state index contributed by atoms with van der Waals surface area (Å²) in [5.41, 5.74) is 0. The molecule has 1 saturated heterocycles. The fraction of sp³-hybridized carbons (Fsp3) is 1.00. The molecule has 2 atom stereocenters. The van der Waals surface area contributed by atoms with E-state index in [1.54, 1.807) is 0 Å². The molecule has 1 rings (SSSR count). The molecule has 66 valence electrons. The average Bonchev–Trinajstić information content (AvgIpc) is 2.28. The van der Waals surface area contributed by atoms with Gasteiger partial charge in [-0.25, -0.2) is 0 Å². The van der Waals surface area contributed by atoms with Gasteiger partial charge in [-0.05, 0) is 12.3 Å². The number of hydrogen-bond acceptors (Lipinski definition) is 2. The SMILES string of the molecule is CC1CCP(=O)(OCCCl)C1. The van der Waals surface area contributed by atoms with Crippen molar-refractivity contribution in [2.75, 3.05) is 24.8 Å². The van der Waals surface area contributed by atoms with E-state index in [0.29, 0.717) is 18.4 Å². The molecule has 2 unspecified atom stereocenters. The summed E-state index contributed by atoms with van der Waals surface area (Å²) >= 11 is 5.43. The zero-order chi connectivity index (χ0) is 8.32. The molecule has 2 nitrogen and oxygen atoms in total. The van der Waals surface area contributed by atoms with Crippen molar-refractivity contribution >= 4 is 19.0 Å². The largest absolute Gasteiger partial charge is 0.327 e. The van der Waals surface area contributed by atoms with Gasteiger partial charge in [0.05, 0.1) is 6.61 Å². The van der Waals surface area contributed by atoms with Crippen LogP contribution in [0, 0.1) is 5.92 Å². The Morgan fingerprint density at radius 3 is 2.91 bits per heavy atom. The van der Waals surface area contributed by atoms with Gasteiger partial charge in [-0.15, -0.1) is 11.6 Å². The second kappa shape index (κ2) is 3.93. The molecule has 0 aliphatic carbocycles. The maximum atomic E-state index is 11.7. The molecule has 0 aromatic heterocycles. The third kappa shape index (κ3) is 2.77.